The number of hydrogen-bond acceptors (Lipinski definition) is 10. The minimum atomic E-state index is -0.477. The van der Waals surface area contributed by atoms with Gasteiger partial charge in [-0.25, -0.2) is 9.18 Å². The number of halogens is 1. The first-order chi connectivity index (χ1) is 18.8. The molecule has 0 aliphatic rings. The largest absolute Gasteiger partial charge is 0.445 e. The summed E-state index contributed by atoms with van der Waals surface area (Å²) in [4.78, 5) is 11.6. The van der Waals surface area contributed by atoms with E-state index in [1.54, 1.807) is 0 Å². The van der Waals surface area contributed by atoms with E-state index in [9.17, 15) is 9.18 Å². The Morgan fingerprint density at radius 1 is 0.553 bits per heavy atom. The van der Waals surface area contributed by atoms with Crippen molar-refractivity contribution in [2.45, 2.75) is 6.61 Å². The van der Waals surface area contributed by atoms with Gasteiger partial charge in [0, 0.05) is 6.54 Å². The molecule has 0 aliphatic carbocycles. The van der Waals surface area contributed by atoms with E-state index in [-0.39, 0.29) is 13.2 Å². The van der Waals surface area contributed by atoms with Crippen molar-refractivity contribution in [2.24, 2.45) is 0 Å². The van der Waals surface area contributed by atoms with Crippen LogP contribution in [0.5, 0.6) is 0 Å². The molecule has 12 heteroatoms. The van der Waals surface area contributed by atoms with Gasteiger partial charge in [-0.05, 0) is 5.56 Å². The highest BCUT2D eigenvalue weighted by Gasteiger charge is 2.01. The molecule has 38 heavy (non-hydrogen) atoms. The number of alkyl halides is 1. The van der Waals surface area contributed by atoms with Crippen molar-refractivity contribution < 1.29 is 51.8 Å². The van der Waals surface area contributed by atoms with Gasteiger partial charge < -0.3 is 47.9 Å². The molecule has 1 aromatic rings. The average molecular weight is 550 g/mol. The summed E-state index contributed by atoms with van der Waals surface area (Å²) in [7, 11) is 0. The molecule has 0 aliphatic heterocycles. The summed E-state index contributed by atoms with van der Waals surface area (Å²) >= 11 is 0. The molecule has 0 radical (unpaired) electrons. The fourth-order valence-electron chi connectivity index (χ4n) is 2.70. The lowest BCUT2D eigenvalue weighted by molar-refractivity contribution is -0.0232. The summed E-state index contributed by atoms with van der Waals surface area (Å²) in [6, 6.07) is 9.49. The molecule has 0 spiro atoms. The van der Waals surface area contributed by atoms with E-state index in [4.69, 9.17) is 42.6 Å². The molecule has 0 heterocycles. The third kappa shape index (κ3) is 24.4. The van der Waals surface area contributed by atoms with Gasteiger partial charge in [-0.2, -0.15) is 0 Å². The molecule has 0 fully saturated rings. The van der Waals surface area contributed by atoms with E-state index in [0.29, 0.717) is 106 Å². The molecule has 1 aromatic carbocycles. The highest BCUT2D eigenvalue weighted by molar-refractivity contribution is 5.67. The Kier molecular flexibility index (Phi) is 25.3. The monoisotopic (exact) mass is 549 g/mol. The lowest BCUT2D eigenvalue weighted by Crippen LogP contribution is -2.28. The van der Waals surface area contributed by atoms with Gasteiger partial charge in [0.05, 0.1) is 106 Å². The Bertz CT molecular complexity index is 629. The fraction of sp³-hybridized carbons (Fsp3) is 0.731. The first kappa shape index (κ1) is 34.1. The number of carbonyl (C=O) groups is 1. The van der Waals surface area contributed by atoms with Crippen molar-refractivity contribution in [3.8, 4) is 0 Å². The van der Waals surface area contributed by atoms with E-state index < -0.39 is 12.8 Å². The van der Waals surface area contributed by atoms with Crippen molar-refractivity contribution in [3.63, 3.8) is 0 Å². The first-order valence-corrected chi connectivity index (χ1v) is 13.0. The maximum absolute atomic E-state index is 11.8. The van der Waals surface area contributed by atoms with Crippen molar-refractivity contribution in [3.05, 3.63) is 35.9 Å². The van der Waals surface area contributed by atoms with Crippen LogP contribution in [0.25, 0.3) is 0 Å². The van der Waals surface area contributed by atoms with Crippen LogP contribution >= 0.6 is 0 Å². The summed E-state index contributed by atoms with van der Waals surface area (Å²) < 4.78 is 59.6. The highest BCUT2D eigenvalue weighted by atomic mass is 19.1. The number of rotatable bonds is 28. The Balaban J connectivity index is 1.67. The van der Waals surface area contributed by atoms with Crippen LogP contribution in [-0.4, -0.2) is 125 Å². The highest BCUT2D eigenvalue weighted by Crippen LogP contribution is 2.00. The van der Waals surface area contributed by atoms with Crippen LogP contribution in [0.2, 0.25) is 0 Å². The van der Waals surface area contributed by atoms with Crippen molar-refractivity contribution in [1.82, 2.24) is 5.32 Å². The van der Waals surface area contributed by atoms with E-state index in [1.165, 1.54) is 0 Å². The molecule has 0 unspecified atom stereocenters. The van der Waals surface area contributed by atoms with Crippen LogP contribution in [0.1, 0.15) is 5.56 Å². The number of amides is 1. The predicted octanol–water partition coefficient (Wildman–Crippen LogP) is 2.02. The average Bonchev–Trinajstić information content (AvgIpc) is 2.94. The molecule has 1 rings (SSSR count). The van der Waals surface area contributed by atoms with Gasteiger partial charge in [0.2, 0.25) is 0 Å². The number of nitrogens with one attached hydrogen (secondary N) is 1. The molecule has 0 saturated carbocycles. The Labute approximate surface area is 225 Å². The topological polar surface area (TPSA) is 112 Å². The molecular formula is C26H44FNO10. The molecule has 1 amide bonds. The van der Waals surface area contributed by atoms with Gasteiger partial charge in [-0.15, -0.1) is 0 Å². The fourth-order valence-corrected chi connectivity index (χ4v) is 2.70. The molecule has 11 nitrogen and oxygen atoms in total. The number of hydrogen-bond donors (Lipinski definition) is 1. The lowest BCUT2D eigenvalue weighted by atomic mass is 10.2. The molecule has 220 valence electrons. The molecule has 0 aromatic heterocycles. The minimum absolute atomic E-state index is 0.110. The van der Waals surface area contributed by atoms with Crippen LogP contribution in [0.4, 0.5) is 9.18 Å². The van der Waals surface area contributed by atoms with Crippen molar-refractivity contribution in [1.29, 1.82) is 0 Å². The van der Waals surface area contributed by atoms with Crippen LogP contribution < -0.4 is 5.32 Å². The van der Waals surface area contributed by atoms with Gasteiger partial charge in [-0.1, -0.05) is 30.3 Å². The SMILES string of the molecule is O=C(NCCOCCOCCOCCOCCOCCOCCOCCOCCF)OCc1ccccc1. The maximum atomic E-state index is 11.8. The van der Waals surface area contributed by atoms with Crippen LogP contribution in [0.15, 0.2) is 30.3 Å². The summed E-state index contributed by atoms with van der Waals surface area (Å²) in [5.74, 6) is 0. The first-order valence-electron chi connectivity index (χ1n) is 13.0. The third-order valence-electron chi connectivity index (χ3n) is 4.55. The number of alkyl carbamates (subject to hydrolysis) is 1. The summed E-state index contributed by atoms with van der Waals surface area (Å²) in [5, 5.41) is 2.63. The van der Waals surface area contributed by atoms with Gasteiger partial charge >= 0.3 is 6.09 Å². The molecule has 1 N–H and O–H groups in total. The number of ether oxygens (including phenoxy) is 9. The Morgan fingerprint density at radius 2 is 0.921 bits per heavy atom. The zero-order valence-electron chi connectivity index (χ0n) is 22.3. The second kappa shape index (κ2) is 28.1. The second-order valence-electron chi connectivity index (χ2n) is 7.58. The van der Waals surface area contributed by atoms with E-state index in [1.807, 2.05) is 30.3 Å². The number of carbonyl (C=O) groups excluding carboxylic acids is 1. The quantitative estimate of drug-likeness (QED) is 0.156. The van der Waals surface area contributed by atoms with Gasteiger partial charge in [0.15, 0.2) is 0 Å². The summed E-state index contributed by atoms with van der Waals surface area (Å²) in [5.41, 5.74) is 0.936. The van der Waals surface area contributed by atoms with Gasteiger partial charge in [0.25, 0.3) is 0 Å². The molecule has 0 saturated heterocycles. The zero-order valence-corrected chi connectivity index (χ0v) is 22.3. The van der Waals surface area contributed by atoms with E-state index >= 15 is 0 Å². The second-order valence-corrected chi connectivity index (χ2v) is 7.58. The zero-order chi connectivity index (χ0) is 27.2. The third-order valence-corrected chi connectivity index (χ3v) is 4.55. The lowest BCUT2D eigenvalue weighted by Gasteiger charge is -2.09. The normalized spacial score (nSPS) is 11.1. The number of benzene rings is 1. The maximum Gasteiger partial charge on any atom is 0.407 e. The van der Waals surface area contributed by atoms with Crippen LogP contribution in [0.3, 0.4) is 0 Å². The Hall–Kier alpha value is -1.90. The van der Waals surface area contributed by atoms with Crippen LogP contribution in [-0.2, 0) is 49.2 Å². The van der Waals surface area contributed by atoms with E-state index in [0.717, 1.165) is 5.56 Å². The minimum Gasteiger partial charge on any atom is -0.445 e. The molecule has 0 atom stereocenters. The summed E-state index contributed by atoms with van der Waals surface area (Å²) in [6.07, 6.45) is -0.471. The van der Waals surface area contributed by atoms with Crippen molar-refractivity contribution in [2.75, 3.05) is 119 Å². The predicted molar refractivity (Wildman–Crippen MR) is 137 cm³/mol. The standard InChI is InChI=1S/C26H44FNO10/c27-6-8-30-10-12-32-14-16-34-18-20-36-22-23-37-21-19-35-17-15-33-13-11-31-9-7-28-26(29)38-24-25-4-2-1-3-5-25/h1-5H,6-24H2,(H,28,29). The van der Waals surface area contributed by atoms with Crippen molar-refractivity contribution >= 4 is 6.09 Å². The molecular weight excluding hydrogens is 505 g/mol. The Morgan fingerprint density at radius 3 is 1.32 bits per heavy atom. The van der Waals surface area contributed by atoms with Crippen LogP contribution in [0, 0.1) is 0 Å². The summed E-state index contributed by atoms with van der Waals surface area (Å²) in [6.45, 7) is 7.09. The van der Waals surface area contributed by atoms with Gasteiger partial charge in [0.1, 0.15) is 13.3 Å². The smallest absolute Gasteiger partial charge is 0.407 e. The molecule has 0 bridgehead atoms. The van der Waals surface area contributed by atoms with Gasteiger partial charge in [-0.3, -0.25) is 0 Å². The van der Waals surface area contributed by atoms with E-state index in [2.05, 4.69) is 5.32 Å².